The van der Waals surface area contributed by atoms with Gasteiger partial charge in [0.15, 0.2) is 5.82 Å². The predicted octanol–water partition coefficient (Wildman–Crippen LogP) is 2.35. The van der Waals surface area contributed by atoms with Gasteiger partial charge in [0.05, 0.1) is 18.4 Å². The first-order valence-electron chi connectivity index (χ1n) is 7.75. The molecule has 3 rings (SSSR count). The Balaban J connectivity index is 1.97. The molecule has 1 atom stereocenters. The van der Waals surface area contributed by atoms with E-state index in [0.717, 1.165) is 17.3 Å². The number of aromatic nitrogens is 1. The van der Waals surface area contributed by atoms with E-state index in [1.165, 1.54) is 17.2 Å². The third-order valence-corrected chi connectivity index (χ3v) is 4.07. The molecule has 5 nitrogen and oxygen atoms in total. The van der Waals surface area contributed by atoms with Crippen LogP contribution in [0.5, 0.6) is 0 Å². The highest BCUT2D eigenvalue weighted by Gasteiger charge is 2.36. The van der Waals surface area contributed by atoms with Crippen LogP contribution in [0.25, 0.3) is 0 Å². The maximum Gasteiger partial charge on any atom is 0.329 e. The van der Waals surface area contributed by atoms with Gasteiger partial charge in [-0.1, -0.05) is 24.3 Å². The number of fused-ring (bicyclic) bond motifs is 1. The van der Waals surface area contributed by atoms with Crippen LogP contribution in [0.1, 0.15) is 28.4 Å². The molecule has 1 unspecified atom stereocenters. The van der Waals surface area contributed by atoms with Crippen molar-refractivity contribution < 1.29 is 18.7 Å². The van der Waals surface area contributed by atoms with Gasteiger partial charge in [0.25, 0.3) is 5.91 Å². The lowest BCUT2D eigenvalue weighted by Gasteiger charge is -2.35. The standard InChI is InChI=1S/C18H17FN2O3/c1-2-24-18(23)16-9-12-5-3-4-6-13(12)11-21(16)17(22)14-7-8-20-10-15(14)19/h3-8,10,16H,2,9,11H2,1H3. The first-order chi connectivity index (χ1) is 11.6. The number of benzene rings is 1. The molecule has 0 N–H and O–H groups in total. The highest BCUT2D eigenvalue weighted by molar-refractivity contribution is 5.97. The third kappa shape index (κ3) is 2.99. The summed E-state index contributed by atoms with van der Waals surface area (Å²) < 4.78 is 19.0. The van der Waals surface area contributed by atoms with E-state index < -0.39 is 23.7 Å². The average Bonchev–Trinajstić information content (AvgIpc) is 2.60. The number of rotatable bonds is 3. The van der Waals surface area contributed by atoms with E-state index in [1.54, 1.807) is 6.92 Å². The minimum Gasteiger partial charge on any atom is -0.464 e. The second-order valence-corrected chi connectivity index (χ2v) is 5.53. The number of hydrogen-bond acceptors (Lipinski definition) is 4. The summed E-state index contributed by atoms with van der Waals surface area (Å²) in [4.78, 5) is 30.1. The minimum absolute atomic E-state index is 0.0984. The van der Waals surface area contributed by atoms with Crippen LogP contribution in [-0.4, -0.2) is 34.4 Å². The van der Waals surface area contributed by atoms with Crippen molar-refractivity contribution in [3.05, 3.63) is 65.2 Å². The van der Waals surface area contributed by atoms with Crippen LogP contribution in [0.3, 0.4) is 0 Å². The molecule has 2 aromatic rings. The van der Waals surface area contributed by atoms with E-state index in [2.05, 4.69) is 4.98 Å². The Labute approximate surface area is 139 Å². The Kier molecular flexibility index (Phi) is 4.55. The van der Waals surface area contributed by atoms with Crippen molar-refractivity contribution >= 4 is 11.9 Å². The first-order valence-corrected chi connectivity index (χ1v) is 7.75. The summed E-state index contributed by atoms with van der Waals surface area (Å²) >= 11 is 0. The SMILES string of the molecule is CCOC(=O)C1Cc2ccccc2CN1C(=O)c1ccncc1F. The fourth-order valence-corrected chi connectivity index (χ4v) is 2.89. The Morgan fingerprint density at radius 1 is 1.29 bits per heavy atom. The Bertz CT molecular complexity index is 778. The molecular weight excluding hydrogens is 311 g/mol. The largest absolute Gasteiger partial charge is 0.464 e. The van der Waals surface area contributed by atoms with Gasteiger partial charge in [0, 0.05) is 19.2 Å². The molecule has 0 saturated carbocycles. The molecule has 0 spiro atoms. The van der Waals surface area contributed by atoms with E-state index in [9.17, 15) is 14.0 Å². The van der Waals surface area contributed by atoms with Gasteiger partial charge in [0.1, 0.15) is 6.04 Å². The molecular formula is C18H17FN2O3. The lowest BCUT2D eigenvalue weighted by atomic mass is 9.93. The Hall–Kier alpha value is -2.76. The molecule has 6 heteroatoms. The summed E-state index contributed by atoms with van der Waals surface area (Å²) in [6, 6.07) is 8.15. The number of carbonyl (C=O) groups excluding carboxylic acids is 2. The van der Waals surface area contributed by atoms with E-state index in [0.29, 0.717) is 6.42 Å². The van der Waals surface area contributed by atoms with Crippen molar-refractivity contribution in [1.82, 2.24) is 9.88 Å². The van der Waals surface area contributed by atoms with E-state index in [-0.39, 0.29) is 18.7 Å². The Morgan fingerprint density at radius 3 is 2.75 bits per heavy atom. The van der Waals surface area contributed by atoms with Crippen LogP contribution >= 0.6 is 0 Å². The normalized spacial score (nSPS) is 16.4. The Morgan fingerprint density at radius 2 is 2.04 bits per heavy atom. The lowest BCUT2D eigenvalue weighted by Crippen LogP contribution is -2.49. The summed E-state index contributed by atoms with van der Waals surface area (Å²) in [5.74, 6) is -1.72. The molecule has 1 amide bonds. The summed E-state index contributed by atoms with van der Waals surface area (Å²) in [5.41, 5.74) is 1.84. The van der Waals surface area contributed by atoms with Crippen molar-refractivity contribution in [2.45, 2.75) is 25.9 Å². The van der Waals surface area contributed by atoms with Gasteiger partial charge in [-0.05, 0) is 24.1 Å². The maximum atomic E-state index is 13.9. The minimum atomic E-state index is -0.764. The second kappa shape index (κ2) is 6.78. The maximum absolute atomic E-state index is 13.9. The smallest absolute Gasteiger partial charge is 0.329 e. The molecule has 1 aliphatic heterocycles. The topological polar surface area (TPSA) is 59.5 Å². The molecule has 0 saturated heterocycles. The zero-order chi connectivity index (χ0) is 17.1. The van der Waals surface area contributed by atoms with Gasteiger partial charge in [-0.3, -0.25) is 9.78 Å². The number of pyridine rings is 1. The predicted molar refractivity (Wildman–Crippen MR) is 84.6 cm³/mol. The number of nitrogens with zero attached hydrogens (tertiary/aromatic N) is 2. The molecule has 1 aromatic carbocycles. The van der Waals surface area contributed by atoms with Gasteiger partial charge < -0.3 is 9.64 Å². The van der Waals surface area contributed by atoms with Gasteiger partial charge >= 0.3 is 5.97 Å². The summed E-state index contributed by atoms with van der Waals surface area (Å²) in [7, 11) is 0. The second-order valence-electron chi connectivity index (χ2n) is 5.53. The molecule has 0 bridgehead atoms. The van der Waals surface area contributed by atoms with Crippen LogP contribution in [-0.2, 0) is 22.5 Å². The van der Waals surface area contributed by atoms with E-state index in [4.69, 9.17) is 4.74 Å². The van der Waals surface area contributed by atoms with Crippen LogP contribution in [0.4, 0.5) is 4.39 Å². The van der Waals surface area contributed by atoms with Crippen LogP contribution in [0.2, 0.25) is 0 Å². The summed E-state index contributed by atoms with van der Waals surface area (Å²) in [5, 5.41) is 0. The highest BCUT2D eigenvalue weighted by Crippen LogP contribution is 2.26. The molecule has 124 valence electrons. The van der Waals surface area contributed by atoms with Crippen molar-refractivity contribution in [3.8, 4) is 0 Å². The van der Waals surface area contributed by atoms with Crippen molar-refractivity contribution in [1.29, 1.82) is 0 Å². The number of halogens is 1. The lowest BCUT2D eigenvalue weighted by molar-refractivity contribution is -0.149. The number of amides is 1. The summed E-state index contributed by atoms with van der Waals surface area (Å²) in [6.45, 7) is 2.17. The van der Waals surface area contributed by atoms with E-state index >= 15 is 0 Å². The average molecular weight is 328 g/mol. The zero-order valence-corrected chi connectivity index (χ0v) is 13.2. The fourth-order valence-electron chi connectivity index (χ4n) is 2.89. The molecule has 0 aliphatic carbocycles. The van der Waals surface area contributed by atoms with Gasteiger partial charge in [-0.2, -0.15) is 0 Å². The number of ether oxygens (including phenoxy) is 1. The van der Waals surface area contributed by atoms with Crippen LogP contribution in [0.15, 0.2) is 42.7 Å². The molecule has 2 heterocycles. The number of esters is 1. The van der Waals surface area contributed by atoms with Gasteiger partial charge in [-0.25, -0.2) is 9.18 Å². The number of carbonyl (C=O) groups is 2. The zero-order valence-electron chi connectivity index (χ0n) is 13.2. The quantitative estimate of drug-likeness (QED) is 0.812. The van der Waals surface area contributed by atoms with Crippen molar-refractivity contribution in [2.75, 3.05) is 6.61 Å². The molecule has 0 radical (unpaired) electrons. The highest BCUT2D eigenvalue weighted by atomic mass is 19.1. The monoisotopic (exact) mass is 328 g/mol. The summed E-state index contributed by atoms with van der Waals surface area (Å²) in [6.07, 6.45) is 2.70. The molecule has 0 fully saturated rings. The van der Waals surface area contributed by atoms with Crippen LogP contribution in [0, 0.1) is 5.82 Å². The van der Waals surface area contributed by atoms with Gasteiger partial charge in [-0.15, -0.1) is 0 Å². The van der Waals surface area contributed by atoms with Crippen molar-refractivity contribution in [3.63, 3.8) is 0 Å². The number of hydrogen-bond donors (Lipinski definition) is 0. The van der Waals surface area contributed by atoms with Crippen LogP contribution < -0.4 is 0 Å². The third-order valence-electron chi connectivity index (χ3n) is 4.07. The van der Waals surface area contributed by atoms with Gasteiger partial charge in [0.2, 0.25) is 0 Å². The first kappa shape index (κ1) is 16.1. The van der Waals surface area contributed by atoms with E-state index in [1.807, 2.05) is 24.3 Å². The molecule has 24 heavy (non-hydrogen) atoms. The van der Waals surface area contributed by atoms with Crippen molar-refractivity contribution in [2.24, 2.45) is 0 Å². The molecule has 1 aliphatic rings. The fraction of sp³-hybridized carbons (Fsp3) is 0.278. The molecule has 1 aromatic heterocycles.